The monoisotopic (exact) mass is 315 g/mol. The zero-order valence-electron chi connectivity index (χ0n) is 12.5. The summed E-state index contributed by atoms with van der Waals surface area (Å²) >= 11 is 0. The number of aryl methyl sites for hydroxylation is 2. The third kappa shape index (κ3) is 3.42. The van der Waals surface area contributed by atoms with E-state index in [4.69, 9.17) is 0 Å². The lowest BCUT2D eigenvalue weighted by atomic mass is 10.3. The van der Waals surface area contributed by atoms with Crippen molar-refractivity contribution in [2.24, 2.45) is 7.05 Å². The van der Waals surface area contributed by atoms with Crippen LogP contribution in [-0.4, -0.2) is 61.7 Å². The van der Waals surface area contributed by atoms with Crippen molar-refractivity contribution < 1.29 is 13.2 Å². The SMILES string of the molecule is Cc1nn(C)c(C)c1S(=O)(=O)NCC(=O)N1CCNCC1. The summed E-state index contributed by atoms with van der Waals surface area (Å²) < 4.78 is 28.5. The maximum atomic E-state index is 12.3. The van der Waals surface area contributed by atoms with Crippen molar-refractivity contribution in [3.05, 3.63) is 11.4 Å². The van der Waals surface area contributed by atoms with E-state index in [1.807, 2.05) is 0 Å². The highest BCUT2D eigenvalue weighted by Crippen LogP contribution is 2.17. The van der Waals surface area contributed by atoms with Gasteiger partial charge in [0, 0.05) is 33.2 Å². The summed E-state index contributed by atoms with van der Waals surface area (Å²) in [5.74, 6) is -0.209. The van der Waals surface area contributed by atoms with E-state index in [-0.39, 0.29) is 17.3 Å². The molecule has 0 saturated carbocycles. The van der Waals surface area contributed by atoms with Crippen LogP contribution in [-0.2, 0) is 21.9 Å². The fourth-order valence-corrected chi connectivity index (χ4v) is 3.81. The first-order chi connectivity index (χ1) is 9.83. The topological polar surface area (TPSA) is 96.3 Å². The van der Waals surface area contributed by atoms with Crippen molar-refractivity contribution in [2.75, 3.05) is 32.7 Å². The van der Waals surface area contributed by atoms with Crippen LogP contribution in [0.25, 0.3) is 0 Å². The van der Waals surface area contributed by atoms with Crippen LogP contribution in [0.5, 0.6) is 0 Å². The molecule has 1 saturated heterocycles. The second kappa shape index (κ2) is 6.12. The standard InChI is InChI=1S/C12H21N5O3S/c1-9-12(10(2)16(3)15-9)21(19,20)14-8-11(18)17-6-4-13-5-7-17/h13-14H,4-8H2,1-3H3. The second-order valence-electron chi connectivity index (χ2n) is 5.08. The van der Waals surface area contributed by atoms with E-state index in [0.29, 0.717) is 24.5 Å². The van der Waals surface area contributed by atoms with Gasteiger partial charge in [0.1, 0.15) is 4.90 Å². The molecule has 0 aliphatic carbocycles. The molecular formula is C12H21N5O3S. The molecule has 1 amide bonds. The summed E-state index contributed by atoms with van der Waals surface area (Å²) in [5, 5.41) is 7.23. The number of carbonyl (C=O) groups is 1. The molecule has 0 aromatic carbocycles. The number of hydrogen-bond donors (Lipinski definition) is 2. The third-order valence-corrected chi connectivity index (χ3v) is 5.25. The molecule has 1 aromatic heterocycles. The van der Waals surface area contributed by atoms with Gasteiger partial charge in [-0.25, -0.2) is 13.1 Å². The number of carbonyl (C=O) groups excluding carboxylic acids is 1. The lowest BCUT2D eigenvalue weighted by Gasteiger charge is -2.27. The molecule has 1 aromatic rings. The second-order valence-corrected chi connectivity index (χ2v) is 6.78. The fourth-order valence-electron chi connectivity index (χ4n) is 2.40. The van der Waals surface area contributed by atoms with Crippen molar-refractivity contribution in [2.45, 2.75) is 18.7 Å². The first-order valence-electron chi connectivity index (χ1n) is 6.81. The molecule has 2 N–H and O–H groups in total. The fraction of sp³-hybridized carbons (Fsp3) is 0.667. The van der Waals surface area contributed by atoms with Crippen LogP contribution in [0.3, 0.4) is 0 Å². The summed E-state index contributed by atoms with van der Waals surface area (Å²) in [6, 6.07) is 0. The molecule has 0 radical (unpaired) electrons. The van der Waals surface area contributed by atoms with Crippen molar-refractivity contribution in [1.82, 2.24) is 24.7 Å². The molecule has 1 fully saturated rings. The van der Waals surface area contributed by atoms with E-state index in [1.54, 1.807) is 25.8 Å². The number of nitrogens with zero attached hydrogens (tertiary/aromatic N) is 3. The average Bonchev–Trinajstić information content (AvgIpc) is 2.71. The summed E-state index contributed by atoms with van der Waals surface area (Å²) in [4.78, 5) is 13.8. The lowest BCUT2D eigenvalue weighted by Crippen LogP contribution is -2.49. The van der Waals surface area contributed by atoms with Gasteiger partial charge >= 0.3 is 0 Å². The van der Waals surface area contributed by atoms with Gasteiger partial charge in [-0.1, -0.05) is 0 Å². The number of hydrogen-bond acceptors (Lipinski definition) is 5. The van der Waals surface area contributed by atoms with Gasteiger partial charge in [0.2, 0.25) is 15.9 Å². The van der Waals surface area contributed by atoms with E-state index in [1.165, 1.54) is 4.68 Å². The van der Waals surface area contributed by atoms with Gasteiger partial charge in [-0.2, -0.15) is 5.10 Å². The Morgan fingerprint density at radius 2 is 1.95 bits per heavy atom. The highest BCUT2D eigenvalue weighted by Gasteiger charge is 2.25. The van der Waals surface area contributed by atoms with Crippen LogP contribution in [0.1, 0.15) is 11.4 Å². The maximum absolute atomic E-state index is 12.3. The number of nitrogens with one attached hydrogen (secondary N) is 2. The van der Waals surface area contributed by atoms with Gasteiger partial charge in [-0.05, 0) is 13.8 Å². The summed E-state index contributed by atoms with van der Waals surface area (Å²) in [7, 11) is -2.04. The van der Waals surface area contributed by atoms with E-state index in [0.717, 1.165) is 13.1 Å². The molecule has 8 nitrogen and oxygen atoms in total. The van der Waals surface area contributed by atoms with E-state index in [9.17, 15) is 13.2 Å². The molecule has 0 unspecified atom stereocenters. The molecule has 118 valence electrons. The molecule has 2 rings (SSSR count). The Kier molecular flexibility index (Phi) is 4.64. The van der Waals surface area contributed by atoms with Gasteiger partial charge in [0.25, 0.3) is 0 Å². The zero-order valence-corrected chi connectivity index (χ0v) is 13.3. The number of piperazine rings is 1. The van der Waals surface area contributed by atoms with Crippen molar-refractivity contribution in [3.63, 3.8) is 0 Å². The van der Waals surface area contributed by atoms with Crippen molar-refractivity contribution >= 4 is 15.9 Å². The van der Waals surface area contributed by atoms with Gasteiger partial charge in [0.05, 0.1) is 17.9 Å². The van der Waals surface area contributed by atoms with Gasteiger partial charge < -0.3 is 10.2 Å². The van der Waals surface area contributed by atoms with Crippen LogP contribution >= 0.6 is 0 Å². The number of sulfonamides is 1. The minimum Gasteiger partial charge on any atom is -0.339 e. The van der Waals surface area contributed by atoms with Crippen LogP contribution in [0.4, 0.5) is 0 Å². The Morgan fingerprint density at radius 1 is 1.33 bits per heavy atom. The third-order valence-electron chi connectivity index (χ3n) is 3.59. The van der Waals surface area contributed by atoms with Crippen molar-refractivity contribution in [3.8, 4) is 0 Å². The quantitative estimate of drug-likeness (QED) is 0.723. The lowest BCUT2D eigenvalue weighted by molar-refractivity contribution is -0.130. The van der Waals surface area contributed by atoms with Gasteiger partial charge in [-0.15, -0.1) is 0 Å². The summed E-state index contributed by atoms with van der Waals surface area (Å²) in [6.07, 6.45) is 0. The van der Waals surface area contributed by atoms with Crippen molar-refractivity contribution in [1.29, 1.82) is 0 Å². The van der Waals surface area contributed by atoms with E-state index < -0.39 is 10.0 Å². The first kappa shape index (κ1) is 15.9. The van der Waals surface area contributed by atoms with Gasteiger partial charge in [-0.3, -0.25) is 9.48 Å². The normalized spacial score (nSPS) is 16.2. The Labute approximate surface area is 124 Å². The molecule has 0 spiro atoms. The highest BCUT2D eigenvalue weighted by atomic mass is 32.2. The van der Waals surface area contributed by atoms with Gasteiger partial charge in [0.15, 0.2) is 0 Å². The van der Waals surface area contributed by atoms with E-state index >= 15 is 0 Å². The van der Waals surface area contributed by atoms with Crippen LogP contribution in [0.2, 0.25) is 0 Å². The largest absolute Gasteiger partial charge is 0.339 e. The molecule has 9 heteroatoms. The molecule has 1 aliphatic rings. The molecule has 21 heavy (non-hydrogen) atoms. The van der Waals surface area contributed by atoms with E-state index in [2.05, 4.69) is 15.1 Å². The van der Waals surface area contributed by atoms with Crippen LogP contribution < -0.4 is 10.0 Å². The number of aromatic nitrogens is 2. The van der Waals surface area contributed by atoms with Crippen LogP contribution in [0, 0.1) is 13.8 Å². The zero-order chi connectivity index (χ0) is 15.6. The number of amides is 1. The molecule has 0 bridgehead atoms. The highest BCUT2D eigenvalue weighted by molar-refractivity contribution is 7.89. The minimum absolute atomic E-state index is 0.151. The molecule has 2 heterocycles. The summed E-state index contributed by atoms with van der Waals surface area (Å²) in [6.45, 7) is 5.78. The smallest absolute Gasteiger partial charge is 0.244 e. The maximum Gasteiger partial charge on any atom is 0.244 e. The Bertz CT molecular complexity index is 632. The predicted octanol–water partition coefficient (Wildman–Crippen LogP) is -1.25. The predicted molar refractivity (Wildman–Crippen MR) is 77.3 cm³/mol. The Balaban J connectivity index is 2.06. The summed E-state index contributed by atoms with van der Waals surface area (Å²) in [5.41, 5.74) is 0.978. The molecule has 1 aliphatic heterocycles. The Morgan fingerprint density at radius 3 is 2.48 bits per heavy atom. The number of rotatable bonds is 4. The Hall–Kier alpha value is -1.45. The average molecular weight is 315 g/mol. The van der Waals surface area contributed by atoms with Crippen LogP contribution in [0.15, 0.2) is 4.90 Å². The minimum atomic E-state index is -3.73. The molecular weight excluding hydrogens is 294 g/mol. The first-order valence-corrected chi connectivity index (χ1v) is 8.29. The molecule has 0 atom stereocenters.